The van der Waals surface area contributed by atoms with Crippen molar-refractivity contribution in [1.29, 1.82) is 0 Å². The average molecular weight is 477 g/mol. The zero-order valence-corrected chi connectivity index (χ0v) is 24.0. The van der Waals surface area contributed by atoms with Crippen LogP contribution in [0.2, 0.25) is 0 Å². The molecule has 0 aromatic rings. The van der Waals surface area contributed by atoms with Gasteiger partial charge in [-0.3, -0.25) is 19.2 Å². The molecule has 2 atom stereocenters. The smallest absolute Gasteiger partial charge is 0.200 e. The minimum Gasteiger partial charge on any atom is -0.385 e. The van der Waals surface area contributed by atoms with Gasteiger partial charge in [-0.05, 0) is 38.1 Å². The van der Waals surface area contributed by atoms with Crippen LogP contribution in [0.5, 0.6) is 0 Å². The Kier molecular flexibility index (Phi) is 31.9. The third-order valence-electron chi connectivity index (χ3n) is 4.06. The van der Waals surface area contributed by atoms with Gasteiger partial charge in [0.2, 0.25) is 5.78 Å². The van der Waals surface area contributed by atoms with Crippen molar-refractivity contribution in [2.75, 3.05) is 0 Å². The van der Waals surface area contributed by atoms with E-state index in [4.69, 9.17) is 16.6 Å². The van der Waals surface area contributed by atoms with Crippen molar-refractivity contribution in [2.45, 2.75) is 122 Å². The fourth-order valence-electron chi connectivity index (χ4n) is 1.35. The minimum atomic E-state index is -0.769. The molecule has 0 fully saturated rings. The molecule has 0 saturated heterocycles. The molecule has 0 amide bonds. The molecule has 0 rings (SSSR count). The molecule has 0 aliphatic rings. The van der Waals surface area contributed by atoms with Crippen LogP contribution >= 0.6 is 0 Å². The SMILES string of the molecule is CC(=O)C(=O)C(C)C.CC(=O)C(C)C.CC(=O)C(O)C(C)C.CC(C)N.CC[C@@H](N)C(C)C. The highest BCUT2D eigenvalue weighted by Gasteiger charge is 2.12. The molecule has 0 bridgehead atoms. The Labute approximate surface area is 204 Å². The largest absolute Gasteiger partial charge is 0.385 e. The van der Waals surface area contributed by atoms with Gasteiger partial charge >= 0.3 is 0 Å². The van der Waals surface area contributed by atoms with E-state index in [0.29, 0.717) is 18.0 Å². The molecule has 0 aromatic carbocycles. The zero-order chi connectivity index (χ0) is 28.1. The summed E-state index contributed by atoms with van der Waals surface area (Å²) in [5.74, 6) is 0.231. The number of aliphatic hydroxyl groups is 1. The lowest BCUT2D eigenvalue weighted by Gasteiger charge is -2.10. The lowest BCUT2D eigenvalue weighted by molar-refractivity contribution is -0.137. The second-order valence-electron chi connectivity index (χ2n) is 9.70. The van der Waals surface area contributed by atoms with Gasteiger partial charge in [0.25, 0.3) is 0 Å². The summed E-state index contributed by atoms with van der Waals surface area (Å²) in [6, 6.07) is 0.736. The number of ketones is 4. The highest BCUT2D eigenvalue weighted by Crippen LogP contribution is 2.00. The second-order valence-corrected chi connectivity index (χ2v) is 9.70. The van der Waals surface area contributed by atoms with Crippen LogP contribution in [-0.4, -0.2) is 46.4 Å². The van der Waals surface area contributed by atoms with Crippen molar-refractivity contribution in [3.8, 4) is 0 Å². The van der Waals surface area contributed by atoms with Crippen molar-refractivity contribution in [3.05, 3.63) is 0 Å². The third-order valence-corrected chi connectivity index (χ3v) is 4.06. The Bertz CT molecular complexity index is 510. The topological polar surface area (TPSA) is 141 Å². The van der Waals surface area contributed by atoms with E-state index < -0.39 is 6.10 Å². The number of carbonyl (C=O) groups excluding carboxylic acids is 4. The summed E-state index contributed by atoms with van der Waals surface area (Å²) >= 11 is 0. The molecule has 33 heavy (non-hydrogen) atoms. The van der Waals surface area contributed by atoms with E-state index in [-0.39, 0.29) is 40.9 Å². The predicted molar refractivity (Wildman–Crippen MR) is 140 cm³/mol. The van der Waals surface area contributed by atoms with E-state index in [0.717, 1.165) is 6.42 Å². The first-order valence-electron chi connectivity index (χ1n) is 11.9. The number of nitrogens with two attached hydrogens (primary N) is 2. The van der Waals surface area contributed by atoms with Gasteiger partial charge in [-0.2, -0.15) is 0 Å². The van der Waals surface area contributed by atoms with Crippen LogP contribution in [0.1, 0.15) is 103 Å². The van der Waals surface area contributed by atoms with Gasteiger partial charge in [0, 0.05) is 24.8 Å². The standard InChI is InChI=1S/C6H15N.C6H12O2.C6H10O2.C5H10O.C3H9N/c1-4-6(7)5(2)3;2*1-4(2)6(8)5(3)7;1-4(2)5(3)6;1-3(2)4/h5-6H,4,7H2,1-3H3;4,6,8H,1-3H3;4H,1-3H3;4H,1-3H3;3H,4H2,1-2H3/t6-;;;;/m1..../s1. The number of hydrogen-bond donors (Lipinski definition) is 3. The van der Waals surface area contributed by atoms with Crippen molar-refractivity contribution in [3.63, 3.8) is 0 Å². The molecule has 5 N–H and O–H groups in total. The molecule has 0 aliphatic carbocycles. The van der Waals surface area contributed by atoms with Gasteiger partial charge in [0.15, 0.2) is 11.6 Å². The summed E-state index contributed by atoms with van der Waals surface area (Å²) in [6.07, 6.45) is 0.326. The lowest BCUT2D eigenvalue weighted by Crippen LogP contribution is -2.24. The minimum absolute atomic E-state index is 0.0486. The average Bonchev–Trinajstić information content (AvgIpc) is 2.66. The maximum Gasteiger partial charge on any atom is 0.200 e. The van der Waals surface area contributed by atoms with Gasteiger partial charge in [-0.1, -0.05) is 76.2 Å². The Morgan fingerprint density at radius 3 is 0.970 bits per heavy atom. The van der Waals surface area contributed by atoms with E-state index >= 15 is 0 Å². The maximum absolute atomic E-state index is 10.5. The van der Waals surface area contributed by atoms with Crippen molar-refractivity contribution >= 4 is 23.1 Å². The Balaban J connectivity index is -0.000000101. The summed E-state index contributed by atoms with van der Waals surface area (Å²) in [5, 5.41) is 8.85. The molecule has 200 valence electrons. The highest BCUT2D eigenvalue weighted by atomic mass is 16.3. The van der Waals surface area contributed by atoms with Crippen LogP contribution in [0.3, 0.4) is 0 Å². The van der Waals surface area contributed by atoms with Crippen LogP contribution in [-0.2, 0) is 19.2 Å². The quantitative estimate of drug-likeness (QED) is 0.464. The zero-order valence-electron chi connectivity index (χ0n) is 24.0. The summed E-state index contributed by atoms with van der Waals surface area (Å²) in [4.78, 5) is 41.2. The molecule has 7 heteroatoms. The molecular formula is C26H56N2O5. The maximum atomic E-state index is 10.5. The number of carbonyl (C=O) groups is 4. The predicted octanol–water partition coefficient (Wildman–Crippen LogP) is 4.36. The number of aliphatic hydroxyl groups excluding tert-OH is 1. The molecule has 0 radical (unpaired) electrons. The normalized spacial score (nSPS) is 11.7. The molecule has 0 saturated carbocycles. The highest BCUT2D eigenvalue weighted by molar-refractivity contribution is 6.36. The summed E-state index contributed by atoms with van der Waals surface area (Å²) < 4.78 is 0. The van der Waals surface area contributed by atoms with Crippen LogP contribution in [0.25, 0.3) is 0 Å². The van der Waals surface area contributed by atoms with Crippen molar-refractivity contribution in [2.24, 2.45) is 35.1 Å². The van der Waals surface area contributed by atoms with Gasteiger partial charge in [0.05, 0.1) is 0 Å². The van der Waals surface area contributed by atoms with E-state index in [9.17, 15) is 19.2 Å². The summed E-state index contributed by atoms with van der Waals surface area (Å²) in [5.41, 5.74) is 10.7. The Morgan fingerprint density at radius 1 is 0.667 bits per heavy atom. The fourth-order valence-corrected chi connectivity index (χ4v) is 1.35. The first-order valence-corrected chi connectivity index (χ1v) is 11.9. The first-order chi connectivity index (χ1) is 14.7. The number of hydrogen-bond acceptors (Lipinski definition) is 7. The molecular weight excluding hydrogens is 420 g/mol. The first kappa shape index (κ1) is 41.8. The van der Waals surface area contributed by atoms with E-state index in [1.807, 2.05) is 41.5 Å². The monoisotopic (exact) mass is 476 g/mol. The van der Waals surface area contributed by atoms with Crippen molar-refractivity contribution < 1.29 is 24.3 Å². The molecule has 0 aromatic heterocycles. The number of Topliss-reactive ketones (excluding diaryl/α,β-unsaturated/α-hetero) is 4. The van der Waals surface area contributed by atoms with Gasteiger partial charge in [-0.25, -0.2) is 0 Å². The Morgan fingerprint density at radius 2 is 0.970 bits per heavy atom. The summed E-state index contributed by atoms with van der Waals surface area (Å²) in [6.45, 7) is 25.4. The van der Waals surface area contributed by atoms with Crippen LogP contribution < -0.4 is 11.5 Å². The lowest BCUT2D eigenvalue weighted by atomic mass is 10.0. The van der Waals surface area contributed by atoms with Gasteiger partial charge in [-0.15, -0.1) is 0 Å². The van der Waals surface area contributed by atoms with Gasteiger partial charge < -0.3 is 16.6 Å². The van der Waals surface area contributed by atoms with E-state index in [2.05, 4.69) is 20.8 Å². The van der Waals surface area contributed by atoms with Crippen LogP contribution in [0.15, 0.2) is 0 Å². The second kappa shape index (κ2) is 25.2. The van der Waals surface area contributed by atoms with E-state index in [1.165, 1.54) is 13.8 Å². The van der Waals surface area contributed by atoms with Gasteiger partial charge in [0.1, 0.15) is 11.9 Å². The molecule has 0 spiro atoms. The van der Waals surface area contributed by atoms with Crippen molar-refractivity contribution in [1.82, 2.24) is 0 Å². The molecule has 0 heterocycles. The number of rotatable bonds is 7. The Hall–Kier alpha value is -1.44. The fraction of sp³-hybridized carbons (Fsp3) is 0.846. The summed E-state index contributed by atoms with van der Waals surface area (Å²) in [7, 11) is 0. The van der Waals surface area contributed by atoms with Crippen LogP contribution in [0.4, 0.5) is 0 Å². The third kappa shape index (κ3) is 41.3. The van der Waals surface area contributed by atoms with Crippen LogP contribution in [0, 0.1) is 23.7 Å². The molecule has 7 nitrogen and oxygen atoms in total. The molecule has 1 unspecified atom stereocenters. The van der Waals surface area contributed by atoms with E-state index in [1.54, 1.807) is 20.8 Å². The molecule has 0 aliphatic heterocycles.